The van der Waals surface area contributed by atoms with Crippen LogP contribution in [0.25, 0.3) is 16.6 Å². The van der Waals surface area contributed by atoms with E-state index in [9.17, 15) is 38.0 Å². The Hall–Kier alpha value is -7.37. The number of hydrogen-bond donors (Lipinski definition) is 6. The van der Waals surface area contributed by atoms with E-state index in [1.807, 2.05) is 30.3 Å². The second kappa shape index (κ2) is 26.0. The lowest BCUT2D eigenvalue weighted by molar-refractivity contribution is -0.136. The number of halogens is 1. The molecule has 0 radical (unpaired) electrons. The predicted molar refractivity (Wildman–Crippen MR) is 337 cm³/mol. The molecule has 4 aromatic carbocycles. The number of hydrogen-bond acceptors (Lipinski definition) is 16. The Kier molecular flexibility index (Phi) is 18.0. The van der Waals surface area contributed by atoms with Gasteiger partial charge in [-0.2, -0.15) is 0 Å². The summed E-state index contributed by atoms with van der Waals surface area (Å²) in [5.74, 6) is -0.966. The van der Waals surface area contributed by atoms with Crippen LogP contribution in [0.1, 0.15) is 115 Å². The molecule has 6 N–H and O–H groups in total. The number of benzene rings is 4. The normalized spacial score (nSPS) is 21.4. The average molecular weight is 1240 g/mol. The van der Waals surface area contributed by atoms with Crippen LogP contribution in [0.5, 0.6) is 11.5 Å². The number of sulfonamides is 1. The Balaban J connectivity index is 0.631. The number of imide groups is 1. The van der Waals surface area contributed by atoms with E-state index in [1.54, 1.807) is 41.6 Å². The summed E-state index contributed by atoms with van der Waals surface area (Å²) in [6, 6.07) is 26.6. The van der Waals surface area contributed by atoms with Crippen LogP contribution >= 0.6 is 11.6 Å². The van der Waals surface area contributed by atoms with Crippen LogP contribution in [-0.2, 0) is 32.6 Å². The van der Waals surface area contributed by atoms with Gasteiger partial charge in [-0.3, -0.25) is 44.7 Å². The summed E-state index contributed by atoms with van der Waals surface area (Å²) in [6.45, 7) is 14.4. The standard InChI is InChI=1S/C66H78ClN11O9S/c1-66(2)24-22-47(55(38-66)45-10-12-48(67)13-11-45)41-74-29-33-76(34-30-74)50-16-18-54(60(36-50)87-51-35-46-23-25-68-62(46)70-40-51)63(80)72-88(85,86)52-17-19-57(59(37-52)78(83)84)69-39-43-8-14-49(15-9-43)75-31-27-73(28-32-75)26-4-6-44-5-3-7-53-56(44)42-77(65(53)82)58-20-21-61(79)71-64(58)81/h3,5,7,10-13,16-19,23,25,35-37,40,43,49,58,69,83-84H,4,6,8-9,14-15,20-22,24,26-34,38-39,41-42H2,1-2H3,(H,68,70)(H,72,80)(H,71,79,81)/t43-,49+,58?. The van der Waals surface area contributed by atoms with Crippen LogP contribution in [0.4, 0.5) is 17.1 Å². The predicted octanol–water partition coefficient (Wildman–Crippen LogP) is 9.48. The van der Waals surface area contributed by atoms with E-state index in [0.29, 0.717) is 54.1 Å². The monoisotopic (exact) mass is 1240 g/mol. The highest BCUT2D eigenvalue weighted by atomic mass is 35.5. The molecule has 0 bridgehead atoms. The van der Waals surface area contributed by atoms with Gasteiger partial charge < -0.3 is 29.7 Å². The number of carbonyl (C=O) groups is 4. The number of aryl methyl sites for hydroxylation is 1. The molecule has 6 aliphatic rings. The van der Waals surface area contributed by atoms with Gasteiger partial charge >= 0.3 is 0 Å². The molecule has 2 aromatic heterocycles. The number of amides is 4. The van der Waals surface area contributed by atoms with Crippen LogP contribution in [0.15, 0.2) is 114 Å². The largest absolute Gasteiger partial charge is 0.455 e. The molecule has 1 unspecified atom stereocenters. The number of nitrogens with one attached hydrogen (secondary N) is 4. The SMILES string of the molecule is CC1(C)CCC(CN2CCN(c3ccc(C(=O)NS(=O)(=O)c4ccc(NC[C@H]5CC[C@@H](N6CCN(CCCc7cccc8c7CN(C7CCC(=O)NC7=O)C8=O)CC6)CC5)c(N(O)O)c4)c(Oc4cnc5[nH]ccc5c4)c3)CC2)=C(c2ccc(Cl)cc2)C1. The van der Waals surface area contributed by atoms with Gasteiger partial charge in [-0.05, 0) is 165 Å². The van der Waals surface area contributed by atoms with E-state index in [4.69, 9.17) is 16.3 Å². The van der Waals surface area contributed by atoms with Gasteiger partial charge in [0.1, 0.15) is 28.9 Å². The van der Waals surface area contributed by atoms with Gasteiger partial charge in [-0.25, -0.2) is 18.1 Å². The number of anilines is 3. The van der Waals surface area contributed by atoms with Crippen LogP contribution in [0.2, 0.25) is 5.02 Å². The van der Waals surface area contributed by atoms with Crippen molar-refractivity contribution in [2.75, 3.05) is 87.4 Å². The number of aromatic nitrogens is 2. The zero-order valence-corrected chi connectivity index (χ0v) is 51.6. The number of piperidine rings is 1. The second-order valence-corrected chi connectivity index (χ2v) is 27.5. The Morgan fingerprint density at radius 3 is 2.40 bits per heavy atom. The van der Waals surface area contributed by atoms with Gasteiger partial charge in [0.25, 0.3) is 21.8 Å². The topological polar surface area (TPSA) is 236 Å². The lowest BCUT2D eigenvalue weighted by Gasteiger charge is -2.42. The minimum Gasteiger partial charge on any atom is -0.455 e. The fourth-order valence-corrected chi connectivity index (χ4v) is 15.0. The summed E-state index contributed by atoms with van der Waals surface area (Å²) >= 11 is 6.28. The Labute approximate surface area is 518 Å². The number of ether oxygens (including phenoxy) is 1. The van der Waals surface area contributed by atoms with Crippen molar-refractivity contribution in [3.63, 3.8) is 0 Å². The van der Waals surface area contributed by atoms with Crippen molar-refractivity contribution < 1.29 is 42.7 Å². The van der Waals surface area contributed by atoms with Crippen LogP contribution in [-0.4, -0.2) is 156 Å². The molecule has 3 saturated heterocycles. The highest BCUT2D eigenvalue weighted by Crippen LogP contribution is 2.44. The van der Waals surface area contributed by atoms with Crippen molar-refractivity contribution in [1.82, 2.24) is 39.6 Å². The van der Waals surface area contributed by atoms with Gasteiger partial charge in [0, 0.05) is 118 Å². The van der Waals surface area contributed by atoms with Crippen LogP contribution in [0.3, 0.4) is 0 Å². The third-order valence-corrected chi connectivity index (χ3v) is 20.6. The fourth-order valence-electron chi connectivity index (χ4n) is 13.9. The zero-order valence-electron chi connectivity index (χ0n) is 50.0. The second-order valence-electron chi connectivity index (χ2n) is 25.3. The third-order valence-electron chi connectivity index (χ3n) is 19.0. The number of carbonyl (C=O) groups excluding carboxylic acids is 4. The first-order valence-electron chi connectivity index (χ1n) is 30.9. The van der Waals surface area contributed by atoms with E-state index in [-0.39, 0.29) is 50.8 Å². The Morgan fingerprint density at radius 1 is 0.864 bits per heavy atom. The number of allylic oxidation sites excluding steroid dienone is 1. The fraction of sp³-hybridized carbons (Fsp3) is 0.439. The summed E-state index contributed by atoms with van der Waals surface area (Å²) < 4.78 is 36.8. The molecule has 4 fully saturated rings. The van der Waals surface area contributed by atoms with E-state index >= 15 is 0 Å². The van der Waals surface area contributed by atoms with Gasteiger partial charge in [0.05, 0.1) is 22.3 Å². The van der Waals surface area contributed by atoms with Gasteiger partial charge in [-0.1, -0.05) is 55.3 Å². The minimum absolute atomic E-state index is 0.0217. The highest BCUT2D eigenvalue weighted by molar-refractivity contribution is 7.90. The first-order valence-corrected chi connectivity index (χ1v) is 32.8. The molecule has 6 aromatic rings. The number of aromatic amines is 1. The van der Waals surface area contributed by atoms with Gasteiger partial charge in [0.2, 0.25) is 11.8 Å². The maximum atomic E-state index is 14.2. The molecule has 88 heavy (non-hydrogen) atoms. The third kappa shape index (κ3) is 13.8. The maximum Gasteiger partial charge on any atom is 0.268 e. The van der Waals surface area contributed by atoms with Gasteiger partial charge in [0.15, 0.2) is 0 Å². The van der Waals surface area contributed by atoms with Crippen LogP contribution < -0.4 is 30.2 Å². The molecule has 0 spiro atoms. The van der Waals surface area contributed by atoms with Crippen molar-refractivity contribution in [2.24, 2.45) is 11.3 Å². The highest BCUT2D eigenvalue weighted by Gasteiger charge is 2.40. The van der Waals surface area contributed by atoms with Crippen molar-refractivity contribution in [1.29, 1.82) is 0 Å². The van der Waals surface area contributed by atoms with Crippen molar-refractivity contribution in [3.05, 3.63) is 142 Å². The quantitative estimate of drug-likeness (QED) is 0.0327. The van der Waals surface area contributed by atoms with Crippen molar-refractivity contribution in [2.45, 2.75) is 108 Å². The number of H-pyrrole nitrogens is 1. The lowest BCUT2D eigenvalue weighted by atomic mass is 9.72. The Morgan fingerprint density at radius 2 is 1.64 bits per heavy atom. The summed E-state index contributed by atoms with van der Waals surface area (Å²) in [4.78, 5) is 70.6. The first kappa shape index (κ1) is 60.9. The number of pyridine rings is 1. The minimum atomic E-state index is -4.57. The summed E-state index contributed by atoms with van der Waals surface area (Å²) in [7, 11) is -4.57. The molecule has 1 atom stereocenters. The lowest BCUT2D eigenvalue weighted by Crippen LogP contribution is -2.52. The van der Waals surface area contributed by atoms with E-state index in [2.05, 4.69) is 77.0 Å². The molecule has 22 heteroatoms. The molecule has 2 aliphatic carbocycles. The molecule has 6 heterocycles. The summed E-state index contributed by atoms with van der Waals surface area (Å²) in [6.07, 6.45) is 12.9. The van der Waals surface area contributed by atoms with Gasteiger partial charge in [-0.15, -0.1) is 5.23 Å². The number of rotatable bonds is 19. The molecule has 20 nitrogen and oxygen atoms in total. The van der Waals surface area contributed by atoms with E-state index in [1.165, 1.54) is 28.8 Å². The maximum absolute atomic E-state index is 14.2. The van der Waals surface area contributed by atoms with Crippen molar-refractivity contribution in [3.8, 4) is 11.5 Å². The summed E-state index contributed by atoms with van der Waals surface area (Å²) in [5.41, 5.74) is 8.68. The molecular weight excluding hydrogens is 1160 g/mol. The first-order chi connectivity index (χ1) is 42.4. The molecule has 1 saturated carbocycles. The zero-order chi connectivity index (χ0) is 61.3. The molecular formula is C66H78ClN11O9S. The van der Waals surface area contributed by atoms with E-state index < -0.39 is 27.9 Å². The number of piperazine rings is 2. The van der Waals surface area contributed by atoms with Crippen molar-refractivity contribution >= 4 is 78.9 Å². The molecule has 12 rings (SSSR count). The Bertz CT molecular complexity index is 3740. The molecule has 4 aliphatic heterocycles. The number of fused-ring (bicyclic) bond motifs is 2. The molecule has 4 amide bonds. The van der Waals surface area contributed by atoms with Crippen LogP contribution in [0, 0.1) is 11.3 Å². The van der Waals surface area contributed by atoms with E-state index in [0.717, 1.165) is 157 Å². The average Bonchev–Trinajstić information content (AvgIpc) is 2.66. The molecule has 464 valence electrons. The number of nitrogens with zero attached hydrogens (tertiary/aromatic N) is 7. The summed E-state index contributed by atoms with van der Waals surface area (Å²) in [5, 5.41) is 28.0. The smallest absolute Gasteiger partial charge is 0.268 e.